The second-order valence-corrected chi connectivity index (χ2v) is 8.94. The van der Waals surface area contributed by atoms with Crippen LogP contribution in [0.3, 0.4) is 0 Å². The van der Waals surface area contributed by atoms with Crippen LogP contribution in [0.15, 0.2) is 12.1 Å². The van der Waals surface area contributed by atoms with E-state index in [0.717, 1.165) is 30.7 Å². The molecule has 0 aromatic heterocycles. The van der Waals surface area contributed by atoms with Crippen molar-refractivity contribution in [3.8, 4) is 0 Å². The zero-order chi connectivity index (χ0) is 21.8. The topological polar surface area (TPSA) is 74.6 Å². The fraction of sp³-hybridized carbons (Fsp3) is 0.680. The van der Waals surface area contributed by atoms with Gasteiger partial charge in [0.2, 0.25) is 0 Å². The zero-order valence-electron chi connectivity index (χ0n) is 18.8. The lowest BCUT2D eigenvalue weighted by Crippen LogP contribution is -2.14. The predicted octanol–water partition coefficient (Wildman–Crippen LogP) is 7.31. The molecule has 4 nitrogen and oxygen atoms in total. The first-order chi connectivity index (χ1) is 13.8. The fourth-order valence-electron chi connectivity index (χ4n) is 3.99. The lowest BCUT2D eigenvalue weighted by Gasteiger charge is -2.17. The van der Waals surface area contributed by atoms with Crippen molar-refractivity contribution in [2.45, 2.75) is 104 Å². The molecule has 0 unspecified atom stereocenters. The van der Waals surface area contributed by atoms with Gasteiger partial charge in [0, 0.05) is 0 Å². The summed E-state index contributed by atoms with van der Waals surface area (Å²) in [5.41, 5.74) is 1.53. The summed E-state index contributed by atoms with van der Waals surface area (Å²) >= 11 is 0. The summed E-state index contributed by atoms with van der Waals surface area (Å²) < 4.78 is 0. The minimum Gasteiger partial charge on any atom is -0.478 e. The van der Waals surface area contributed by atoms with Gasteiger partial charge >= 0.3 is 11.9 Å². The van der Waals surface area contributed by atoms with Crippen LogP contribution in [0.2, 0.25) is 0 Å². The maximum Gasteiger partial charge on any atom is 0.336 e. The van der Waals surface area contributed by atoms with E-state index in [1.54, 1.807) is 6.07 Å². The second kappa shape index (κ2) is 13.4. The average Bonchev–Trinajstić information content (AvgIpc) is 2.64. The minimum absolute atomic E-state index is 0.0231. The van der Waals surface area contributed by atoms with Crippen LogP contribution >= 0.6 is 0 Å². The van der Waals surface area contributed by atoms with Crippen molar-refractivity contribution in [2.75, 3.05) is 0 Å². The SMILES string of the molecule is CC(C)CCCCCCCCCCCc1c(C(C)C)ccc(C(=O)O)c1C(=O)O. The van der Waals surface area contributed by atoms with Gasteiger partial charge in [-0.2, -0.15) is 0 Å². The Hall–Kier alpha value is -1.84. The Morgan fingerprint density at radius 1 is 0.759 bits per heavy atom. The highest BCUT2D eigenvalue weighted by Gasteiger charge is 2.23. The molecule has 1 aromatic carbocycles. The number of rotatable bonds is 15. The van der Waals surface area contributed by atoms with Crippen molar-refractivity contribution < 1.29 is 19.8 Å². The molecular formula is C25H40O4. The summed E-state index contributed by atoms with van der Waals surface area (Å²) in [4.78, 5) is 23.2. The largest absolute Gasteiger partial charge is 0.478 e. The molecule has 0 heterocycles. The monoisotopic (exact) mass is 404 g/mol. The van der Waals surface area contributed by atoms with Gasteiger partial charge in [-0.3, -0.25) is 0 Å². The van der Waals surface area contributed by atoms with Gasteiger partial charge in [-0.25, -0.2) is 9.59 Å². The predicted molar refractivity (Wildman–Crippen MR) is 119 cm³/mol. The standard InChI is InChI=1S/C25H40O4/c1-18(2)14-12-10-8-6-5-7-9-11-13-15-21-20(19(3)4)16-17-22(24(26)27)23(21)25(28)29/h16-19H,5-15H2,1-4H3,(H,26,27)(H,28,29). The van der Waals surface area contributed by atoms with Crippen LogP contribution in [0.25, 0.3) is 0 Å². The van der Waals surface area contributed by atoms with E-state index >= 15 is 0 Å². The van der Waals surface area contributed by atoms with Gasteiger partial charge in [0.05, 0.1) is 11.1 Å². The van der Waals surface area contributed by atoms with Gasteiger partial charge in [0.25, 0.3) is 0 Å². The summed E-state index contributed by atoms with van der Waals surface area (Å²) in [6.45, 7) is 8.60. The Labute approximate surface area is 176 Å². The number of hydrogen-bond donors (Lipinski definition) is 2. The molecule has 29 heavy (non-hydrogen) atoms. The maximum atomic E-state index is 11.8. The summed E-state index contributed by atoms with van der Waals surface area (Å²) in [5.74, 6) is -1.34. The molecule has 0 spiro atoms. The van der Waals surface area contributed by atoms with E-state index in [0.29, 0.717) is 12.0 Å². The number of aromatic carboxylic acids is 2. The molecule has 164 valence electrons. The van der Waals surface area contributed by atoms with Gasteiger partial charge in [-0.15, -0.1) is 0 Å². The molecule has 1 aromatic rings. The molecule has 0 aliphatic heterocycles. The number of carbonyl (C=O) groups is 2. The lowest BCUT2D eigenvalue weighted by molar-refractivity contribution is 0.0650. The zero-order valence-corrected chi connectivity index (χ0v) is 18.8. The molecule has 1 rings (SSSR count). The van der Waals surface area contributed by atoms with Gasteiger partial charge in [-0.05, 0) is 41.9 Å². The summed E-state index contributed by atoms with van der Waals surface area (Å²) in [5, 5.41) is 19.0. The summed E-state index contributed by atoms with van der Waals surface area (Å²) in [7, 11) is 0. The molecule has 0 radical (unpaired) electrons. The molecule has 0 atom stereocenters. The quantitative estimate of drug-likeness (QED) is 0.301. The van der Waals surface area contributed by atoms with E-state index in [2.05, 4.69) is 13.8 Å². The van der Waals surface area contributed by atoms with E-state index in [1.165, 1.54) is 51.0 Å². The van der Waals surface area contributed by atoms with E-state index < -0.39 is 11.9 Å². The maximum absolute atomic E-state index is 11.8. The molecule has 0 saturated carbocycles. The Morgan fingerprint density at radius 2 is 1.28 bits per heavy atom. The number of unbranched alkanes of at least 4 members (excludes halogenated alkanes) is 8. The average molecular weight is 405 g/mol. The number of hydrogen-bond acceptors (Lipinski definition) is 2. The van der Waals surface area contributed by atoms with E-state index in [-0.39, 0.29) is 17.0 Å². The van der Waals surface area contributed by atoms with Crippen molar-refractivity contribution >= 4 is 11.9 Å². The summed E-state index contributed by atoms with van der Waals surface area (Å²) in [6.07, 6.45) is 12.9. The van der Waals surface area contributed by atoms with Crippen molar-refractivity contribution in [2.24, 2.45) is 5.92 Å². The van der Waals surface area contributed by atoms with Crippen LogP contribution in [0.5, 0.6) is 0 Å². The van der Waals surface area contributed by atoms with Gasteiger partial charge in [-0.1, -0.05) is 91.5 Å². The molecule has 0 saturated heterocycles. The van der Waals surface area contributed by atoms with Crippen LogP contribution in [0.1, 0.15) is 130 Å². The Balaban J connectivity index is 2.48. The Bertz CT molecular complexity index is 646. The third-order valence-electron chi connectivity index (χ3n) is 5.62. The van der Waals surface area contributed by atoms with Crippen LogP contribution in [0, 0.1) is 5.92 Å². The van der Waals surface area contributed by atoms with E-state index in [1.807, 2.05) is 13.8 Å². The van der Waals surface area contributed by atoms with Crippen LogP contribution in [-0.4, -0.2) is 22.2 Å². The molecule has 0 aliphatic rings. The first-order valence-electron chi connectivity index (χ1n) is 11.4. The number of benzene rings is 1. The van der Waals surface area contributed by atoms with Gasteiger partial charge in [0.1, 0.15) is 0 Å². The lowest BCUT2D eigenvalue weighted by atomic mass is 9.87. The third-order valence-corrected chi connectivity index (χ3v) is 5.62. The van der Waals surface area contributed by atoms with Crippen molar-refractivity contribution in [3.05, 3.63) is 34.4 Å². The van der Waals surface area contributed by atoms with Crippen molar-refractivity contribution in [3.63, 3.8) is 0 Å². The van der Waals surface area contributed by atoms with E-state index in [4.69, 9.17) is 0 Å². The van der Waals surface area contributed by atoms with Crippen LogP contribution < -0.4 is 0 Å². The van der Waals surface area contributed by atoms with Crippen molar-refractivity contribution in [1.29, 1.82) is 0 Å². The number of carboxylic acids is 2. The normalized spacial score (nSPS) is 11.4. The van der Waals surface area contributed by atoms with Crippen LogP contribution in [0.4, 0.5) is 0 Å². The van der Waals surface area contributed by atoms with Gasteiger partial charge in [0.15, 0.2) is 0 Å². The molecule has 0 amide bonds. The van der Waals surface area contributed by atoms with Crippen molar-refractivity contribution in [1.82, 2.24) is 0 Å². The first-order valence-corrected chi connectivity index (χ1v) is 11.4. The molecule has 0 aliphatic carbocycles. The number of carboxylic acid groups (broad SMARTS) is 2. The first kappa shape index (κ1) is 25.2. The highest BCUT2D eigenvalue weighted by atomic mass is 16.4. The third kappa shape index (κ3) is 9.01. The van der Waals surface area contributed by atoms with Crippen LogP contribution in [-0.2, 0) is 6.42 Å². The highest BCUT2D eigenvalue weighted by molar-refractivity contribution is 6.03. The molecule has 0 fully saturated rings. The summed E-state index contributed by atoms with van der Waals surface area (Å²) in [6, 6.07) is 3.22. The minimum atomic E-state index is -1.17. The molecular weight excluding hydrogens is 364 g/mol. The highest BCUT2D eigenvalue weighted by Crippen LogP contribution is 2.28. The Kier molecular flexibility index (Phi) is 11.6. The fourth-order valence-corrected chi connectivity index (χ4v) is 3.99. The molecule has 2 N–H and O–H groups in total. The van der Waals surface area contributed by atoms with Gasteiger partial charge < -0.3 is 10.2 Å². The molecule has 4 heteroatoms. The second-order valence-electron chi connectivity index (χ2n) is 8.94. The van der Waals surface area contributed by atoms with E-state index in [9.17, 15) is 19.8 Å². The Morgan fingerprint density at radius 3 is 1.72 bits per heavy atom. The smallest absolute Gasteiger partial charge is 0.336 e. The molecule has 0 bridgehead atoms.